The third-order valence-electron chi connectivity index (χ3n) is 8.66. The zero-order valence-electron chi connectivity index (χ0n) is 30.6. The van der Waals surface area contributed by atoms with Crippen molar-refractivity contribution in [2.24, 2.45) is 0 Å². The normalized spacial score (nSPS) is 13.9. The molecule has 0 aromatic heterocycles. The number of benzene rings is 9. The standard InChI is InChI=1S/C44H28/c1-2-13-29(14-3-1)31-25-26-40-42(27-31)44(41-28-32-16-5-7-19-34(32)35-20-8-9-21-36(35)41)39-23-11-10-22-38(39)43(40)37-24-12-17-30-15-4-6-18-33(30)37/h1-28H/i10D,11D,22D,23D,25D,26D,27D. The summed E-state index contributed by atoms with van der Waals surface area (Å²) in [6, 6.07) is 39.4. The number of fused-ring (bicyclic) bond motifs is 6. The minimum Gasteiger partial charge on any atom is -0.0622 e. The third kappa shape index (κ3) is 3.78. The largest absolute Gasteiger partial charge is 0.0636 e. The Balaban J connectivity index is 1.65. The first-order chi connectivity index (χ1) is 24.8. The van der Waals surface area contributed by atoms with E-state index in [1.54, 1.807) is 0 Å². The maximum Gasteiger partial charge on any atom is 0.0636 e. The lowest BCUT2D eigenvalue weighted by molar-refractivity contribution is 1.64. The summed E-state index contributed by atoms with van der Waals surface area (Å²) in [5.74, 6) is 0. The topological polar surface area (TPSA) is 0 Å². The van der Waals surface area contributed by atoms with Crippen LogP contribution in [0, 0.1) is 0 Å². The van der Waals surface area contributed by atoms with Crippen molar-refractivity contribution in [1.29, 1.82) is 0 Å². The van der Waals surface area contributed by atoms with Gasteiger partial charge in [0.1, 0.15) is 0 Å². The predicted molar refractivity (Wildman–Crippen MR) is 190 cm³/mol. The van der Waals surface area contributed by atoms with Crippen LogP contribution in [0.2, 0.25) is 0 Å². The summed E-state index contributed by atoms with van der Waals surface area (Å²) in [6.07, 6.45) is 0. The number of rotatable bonds is 3. The summed E-state index contributed by atoms with van der Waals surface area (Å²) < 4.78 is 66.0. The average molecular weight is 564 g/mol. The Morgan fingerprint density at radius 2 is 0.932 bits per heavy atom. The van der Waals surface area contributed by atoms with E-state index in [4.69, 9.17) is 2.74 Å². The van der Waals surface area contributed by atoms with E-state index in [-0.39, 0.29) is 53.1 Å². The van der Waals surface area contributed by atoms with Gasteiger partial charge in [0.25, 0.3) is 0 Å². The molecule has 204 valence electrons. The van der Waals surface area contributed by atoms with Crippen molar-refractivity contribution in [2.75, 3.05) is 0 Å². The first-order valence-corrected chi connectivity index (χ1v) is 14.7. The van der Waals surface area contributed by atoms with Crippen molar-refractivity contribution < 1.29 is 9.60 Å². The fourth-order valence-corrected chi connectivity index (χ4v) is 6.71. The van der Waals surface area contributed by atoms with Gasteiger partial charge in [0.05, 0.1) is 9.60 Å². The van der Waals surface area contributed by atoms with E-state index in [1.807, 2.05) is 121 Å². The highest BCUT2D eigenvalue weighted by Gasteiger charge is 2.20. The van der Waals surface area contributed by atoms with E-state index in [1.165, 1.54) is 0 Å². The molecule has 9 aromatic rings. The summed E-state index contributed by atoms with van der Waals surface area (Å²) in [6.45, 7) is 0. The molecule has 0 saturated carbocycles. The van der Waals surface area contributed by atoms with Crippen LogP contribution in [-0.2, 0) is 0 Å². The minimum atomic E-state index is -0.382. The van der Waals surface area contributed by atoms with Gasteiger partial charge in [-0.25, -0.2) is 0 Å². The lowest BCUT2D eigenvalue weighted by atomic mass is 9.82. The molecule has 0 aliphatic heterocycles. The maximum atomic E-state index is 10.00. The third-order valence-corrected chi connectivity index (χ3v) is 8.66. The van der Waals surface area contributed by atoms with E-state index < -0.39 is 0 Å². The van der Waals surface area contributed by atoms with Gasteiger partial charge in [0, 0.05) is 0 Å². The summed E-state index contributed by atoms with van der Waals surface area (Å²) in [4.78, 5) is 0. The van der Waals surface area contributed by atoms with Crippen LogP contribution in [0.15, 0.2) is 170 Å². The van der Waals surface area contributed by atoms with Gasteiger partial charge in [-0.15, -0.1) is 0 Å². The molecule has 0 nitrogen and oxygen atoms in total. The summed E-state index contributed by atoms with van der Waals surface area (Å²) >= 11 is 0. The molecule has 44 heavy (non-hydrogen) atoms. The van der Waals surface area contributed by atoms with Crippen molar-refractivity contribution in [3.8, 4) is 33.4 Å². The fourth-order valence-electron chi connectivity index (χ4n) is 6.71. The summed E-state index contributed by atoms with van der Waals surface area (Å²) in [5.41, 5.74) is 3.15. The molecular formula is C44H28. The van der Waals surface area contributed by atoms with E-state index in [0.717, 1.165) is 32.3 Å². The molecule has 0 aliphatic rings. The average Bonchev–Trinajstić information content (AvgIpc) is 3.17. The first-order valence-electron chi connectivity index (χ1n) is 18.2. The zero-order chi connectivity index (χ0) is 35.1. The zero-order valence-corrected chi connectivity index (χ0v) is 23.6. The lowest BCUT2D eigenvalue weighted by Crippen LogP contribution is -1.93. The summed E-state index contributed by atoms with van der Waals surface area (Å²) in [7, 11) is 0. The molecule has 0 saturated heterocycles. The van der Waals surface area contributed by atoms with Gasteiger partial charge >= 0.3 is 0 Å². The van der Waals surface area contributed by atoms with Crippen LogP contribution in [-0.4, -0.2) is 0 Å². The Morgan fingerprint density at radius 1 is 0.341 bits per heavy atom. The minimum absolute atomic E-state index is 0.0280. The van der Waals surface area contributed by atoms with E-state index in [2.05, 4.69) is 6.07 Å². The second-order valence-corrected chi connectivity index (χ2v) is 11.1. The van der Waals surface area contributed by atoms with Crippen LogP contribution in [0.1, 0.15) is 9.60 Å². The second kappa shape index (κ2) is 9.93. The van der Waals surface area contributed by atoms with Crippen LogP contribution in [0.25, 0.3) is 87.2 Å². The smallest absolute Gasteiger partial charge is 0.0622 e. The SMILES string of the molecule is [2H]c1c([2H])c([2H])c2c(-c3cc4ccccc4c4ccccc34)c3c([2H])c(-c4ccccc4)c([2H])c([2H])c3c(-c3cccc4ccccc34)c2c1[2H]. The van der Waals surface area contributed by atoms with Gasteiger partial charge in [-0.05, 0) is 99.4 Å². The molecule has 0 heterocycles. The monoisotopic (exact) mass is 563 g/mol. The van der Waals surface area contributed by atoms with Gasteiger partial charge in [-0.2, -0.15) is 0 Å². The molecule has 0 bridgehead atoms. The molecule has 0 atom stereocenters. The predicted octanol–water partition coefficient (Wildman–Crippen LogP) is 12.5. The van der Waals surface area contributed by atoms with Crippen LogP contribution < -0.4 is 0 Å². The van der Waals surface area contributed by atoms with Crippen LogP contribution in [0.4, 0.5) is 0 Å². The van der Waals surface area contributed by atoms with Crippen LogP contribution in [0.5, 0.6) is 0 Å². The van der Waals surface area contributed by atoms with Gasteiger partial charge in [-0.3, -0.25) is 0 Å². The Hall–Kier alpha value is -5.72. The highest BCUT2D eigenvalue weighted by Crippen LogP contribution is 2.48. The maximum absolute atomic E-state index is 10.00. The molecule has 0 fully saturated rings. The van der Waals surface area contributed by atoms with Crippen molar-refractivity contribution in [1.82, 2.24) is 0 Å². The molecule has 0 spiro atoms. The molecule has 9 rings (SSSR count). The molecule has 9 aromatic carbocycles. The van der Waals surface area contributed by atoms with E-state index >= 15 is 0 Å². The number of hydrogen-bond donors (Lipinski definition) is 0. The Bertz CT molecular complexity index is 2930. The molecule has 0 aliphatic carbocycles. The van der Waals surface area contributed by atoms with Crippen LogP contribution in [0.3, 0.4) is 0 Å². The van der Waals surface area contributed by atoms with Crippen molar-refractivity contribution in [3.05, 3.63) is 170 Å². The summed E-state index contributed by atoms with van der Waals surface area (Å²) in [5, 5.41) is 6.76. The highest BCUT2D eigenvalue weighted by atomic mass is 14.2. The van der Waals surface area contributed by atoms with Crippen molar-refractivity contribution >= 4 is 53.9 Å². The molecule has 0 N–H and O–H groups in total. The van der Waals surface area contributed by atoms with Gasteiger partial charge in [-0.1, -0.05) is 158 Å². The van der Waals surface area contributed by atoms with Gasteiger partial charge in [0.15, 0.2) is 0 Å². The second-order valence-electron chi connectivity index (χ2n) is 11.1. The Labute approximate surface area is 266 Å². The number of hydrogen-bond acceptors (Lipinski definition) is 0. The molecular weight excluding hydrogens is 528 g/mol. The first kappa shape index (κ1) is 18.7. The van der Waals surface area contributed by atoms with Crippen molar-refractivity contribution in [3.63, 3.8) is 0 Å². The van der Waals surface area contributed by atoms with Gasteiger partial charge in [0.2, 0.25) is 0 Å². The van der Waals surface area contributed by atoms with Crippen molar-refractivity contribution in [2.45, 2.75) is 0 Å². The Kier molecular flexibility index (Phi) is 4.23. The molecule has 0 radical (unpaired) electrons. The van der Waals surface area contributed by atoms with Gasteiger partial charge < -0.3 is 0 Å². The fraction of sp³-hybridized carbons (Fsp3) is 0. The van der Waals surface area contributed by atoms with E-state index in [9.17, 15) is 6.85 Å². The molecule has 0 unspecified atom stereocenters. The van der Waals surface area contributed by atoms with E-state index in [0.29, 0.717) is 44.2 Å². The molecule has 0 amide bonds. The lowest BCUT2D eigenvalue weighted by Gasteiger charge is -2.21. The van der Waals surface area contributed by atoms with Crippen LogP contribution >= 0.6 is 0 Å². The quantitative estimate of drug-likeness (QED) is 0.148. The highest BCUT2D eigenvalue weighted by molar-refractivity contribution is 6.27. The Morgan fingerprint density at radius 3 is 1.73 bits per heavy atom. The molecule has 0 heteroatoms.